The summed E-state index contributed by atoms with van der Waals surface area (Å²) in [5.41, 5.74) is 1.53. The quantitative estimate of drug-likeness (QED) is 0.600. The maximum absolute atomic E-state index is 3.39. The lowest BCUT2D eigenvalue weighted by Gasteiger charge is -2.30. The first-order valence-electron chi connectivity index (χ1n) is 4.63. The molecule has 1 aliphatic carbocycles. The van der Waals surface area contributed by atoms with Crippen LogP contribution in [0.5, 0.6) is 0 Å². The van der Waals surface area contributed by atoms with E-state index in [9.17, 15) is 0 Å². The molecule has 2 atom stereocenters. The van der Waals surface area contributed by atoms with Gasteiger partial charge in [-0.1, -0.05) is 25.0 Å². The fraction of sp³-hybridized carbons (Fsp3) is 0.800. The molecule has 64 valence electrons. The van der Waals surface area contributed by atoms with Crippen LogP contribution in [0, 0.1) is 5.92 Å². The van der Waals surface area contributed by atoms with Gasteiger partial charge in [-0.25, -0.2) is 0 Å². The van der Waals surface area contributed by atoms with E-state index < -0.39 is 0 Å². The Kier molecular flexibility index (Phi) is 3.13. The molecule has 0 heterocycles. The van der Waals surface area contributed by atoms with Crippen molar-refractivity contribution in [2.24, 2.45) is 5.92 Å². The van der Waals surface area contributed by atoms with Gasteiger partial charge in [-0.3, -0.25) is 0 Å². The van der Waals surface area contributed by atoms with Crippen molar-refractivity contribution in [3.63, 3.8) is 0 Å². The van der Waals surface area contributed by atoms with Gasteiger partial charge in [0.1, 0.15) is 0 Å². The van der Waals surface area contributed by atoms with Crippen LogP contribution >= 0.6 is 0 Å². The molecule has 0 aromatic heterocycles. The summed E-state index contributed by atoms with van der Waals surface area (Å²) in [4.78, 5) is 0. The summed E-state index contributed by atoms with van der Waals surface area (Å²) in [5.74, 6) is 0.866. The van der Waals surface area contributed by atoms with E-state index in [4.69, 9.17) is 0 Å². The van der Waals surface area contributed by atoms with Crippen LogP contribution < -0.4 is 5.32 Å². The molecule has 0 radical (unpaired) electrons. The molecule has 2 unspecified atom stereocenters. The number of allylic oxidation sites excluding steroid dienone is 1. The Balaban J connectivity index is 2.63. The molecule has 0 amide bonds. The second-order valence-electron chi connectivity index (χ2n) is 3.46. The highest BCUT2D eigenvalue weighted by Crippen LogP contribution is 2.26. The molecular weight excluding hydrogens is 134 g/mol. The third-order valence-corrected chi connectivity index (χ3v) is 2.80. The van der Waals surface area contributed by atoms with Gasteiger partial charge in [0, 0.05) is 6.04 Å². The molecule has 0 saturated carbocycles. The van der Waals surface area contributed by atoms with Crippen LogP contribution in [0.15, 0.2) is 11.6 Å². The SMILES string of the molecule is CCC1CCC=C(C)C1NC. The van der Waals surface area contributed by atoms with Crippen LogP contribution in [0.1, 0.15) is 33.1 Å². The van der Waals surface area contributed by atoms with Crippen molar-refractivity contribution in [3.8, 4) is 0 Å². The molecule has 0 spiro atoms. The monoisotopic (exact) mass is 153 g/mol. The predicted molar refractivity (Wildman–Crippen MR) is 49.6 cm³/mol. The van der Waals surface area contributed by atoms with E-state index >= 15 is 0 Å². The smallest absolute Gasteiger partial charge is 0.0302 e. The first-order valence-corrected chi connectivity index (χ1v) is 4.63. The Hall–Kier alpha value is -0.300. The lowest BCUT2D eigenvalue weighted by molar-refractivity contribution is 0.361. The third-order valence-electron chi connectivity index (χ3n) is 2.80. The molecule has 1 aliphatic rings. The van der Waals surface area contributed by atoms with E-state index in [2.05, 4.69) is 32.3 Å². The van der Waals surface area contributed by atoms with Crippen molar-refractivity contribution in [3.05, 3.63) is 11.6 Å². The topological polar surface area (TPSA) is 12.0 Å². The molecule has 0 aromatic carbocycles. The summed E-state index contributed by atoms with van der Waals surface area (Å²) in [7, 11) is 2.07. The minimum Gasteiger partial charge on any atom is -0.313 e. The number of hydrogen-bond acceptors (Lipinski definition) is 1. The van der Waals surface area contributed by atoms with Crippen LogP contribution in [-0.2, 0) is 0 Å². The summed E-state index contributed by atoms with van der Waals surface area (Å²) in [6.45, 7) is 4.52. The molecular formula is C10H19N. The maximum Gasteiger partial charge on any atom is 0.0302 e. The molecule has 0 saturated heterocycles. The van der Waals surface area contributed by atoms with Crippen molar-refractivity contribution in [1.29, 1.82) is 0 Å². The highest BCUT2D eigenvalue weighted by molar-refractivity contribution is 5.12. The Labute approximate surface area is 69.9 Å². The summed E-state index contributed by atoms with van der Waals surface area (Å²) < 4.78 is 0. The van der Waals surface area contributed by atoms with Gasteiger partial charge in [0.25, 0.3) is 0 Å². The summed E-state index contributed by atoms with van der Waals surface area (Å²) in [5, 5.41) is 3.39. The van der Waals surface area contributed by atoms with Crippen LogP contribution in [0.2, 0.25) is 0 Å². The normalized spacial score (nSPS) is 31.7. The standard InChI is InChI=1S/C10H19N/c1-4-9-7-5-6-8(2)10(9)11-3/h6,9-11H,4-5,7H2,1-3H3. The summed E-state index contributed by atoms with van der Waals surface area (Å²) in [6, 6.07) is 0.647. The van der Waals surface area contributed by atoms with Gasteiger partial charge in [-0.05, 0) is 32.7 Å². The van der Waals surface area contributed by atoms with Crippen molar-refractivity contribution in [2.45, 2.75) is 39.2 Å². The van der Waals surface area contributed by atoms with Crippen LogP contribution in [0.4, 0.5) is 0 Å². The highest BCUT2D eigenvalue weighted by atomic mass is 14.9. The lowest BCUT2D eigenvalue weighted by atomic mass is 9.83. The van der Waals surface area contributed by atoms with E-state index in [1.54, 1.807) is 0 Å². The molecule has 0 fully saturated rings. The maximum atomic E-state index is 3.39. The predicted octanol–water partition coefficient (Wildman–Crippen LogP) is 2.34. The molecule has 0 aromatic rings. The fourth-order valence-corrected chi connectivity index (χ4v) is 2.09. The van der Waals surface area contributed by atoms with Crippen molar-refractivity contribution < 1.29 is 0 Å². The van der Waals surface area contributed by atoms with Crippen LogP contribution in [-0.4, -0.2) is 13.1 Å². The number of nitrogens with one attached hydrogen (secondary N) is 1. The van der Waals surface area contributed by atoms with Gasteiger partial charge in [0.2, 0.25) is 0 Å². The average Bonchev–Trinajstić information content (AvgIpc) is 2.04. The van der Waals surface area contributed by atoms with Crippen molar-refractivity contribution in [2.75, 3.05) is 7.05 Å². The summed E-state index contributed by atoms with van der Waals surface area (Å²) in [6.07, 6.45) is 6.31. The zero-order valence-corrected chi connectivity index (χ0v) is 7.85. The minimum absolute atomic E-state index is 0.647. The highest BCUT2D eigenvalue weighted by Gasteiger charge is 2.21. The van der Waals surface area contributed by atoms with E-state index in [0.29, 0.717) is 6.04 Å². The van der Waals surface area contributed by atoms with Gasteiger partial charge < -0.3 is 5.32 Å². The average molecular weight is 153 g/mol. The first kappa shape index (κ1) is 8.79. The Bertz CT molecular complexity index is 149. The lowest BCUT2D eigenvalue weighted by Crippen LogP contribution is -2.36. The fourth-order valence-electron chi connectivity index (χ4n) is 2.09. The van der Waals surface area contributed by atoms with Gasteiger partial charge in [-0.15, -0.1) is 0 Å². The molecule has 1 N–H and O–H groups in total. The van der Waals surface area contributed by atoms with E-state index in [0.717, 1.165) is 5.92 Å². The van der Waals surface area contributed by atoms with Crippen LogP contribution in [0.3, 0.4) is 0 Å². The number of rotatable bonds is 2. The molecule has 1 nitrogen and oxygen atoms in total. The second kappa shape index (κ2) is 3.91. The van der Waals surface area contributed by atoms with Gasteiger partial charge in [0.15, 0.2) is 0 Å². The zero-order chi connectivity index (χ0) is 8.27. The van der Waals surface area contributed by atoms with E-state index in [1.165, 1.54) is 24.8 Å². The molecule has 0 aliphatic heterocycles. The van der Waals surface area contributed by atoms with E-state index in [-0.39, 0.29) is 0 Å². The van der Waals surface area contributed by atoms with Gasteiger partial charge in [-0.2, -0.15) is 0 Å². The Morgan fingerprint density at radius 1 is 1.64 bits per heavy atom. The van der Waals surface area contributed by atoms with Crippen molar-refractivity contribution in [1.82, 2.24) is 5.32 Å². The number of hydrogen-bond donors (Lipinski definition) is 1. The molecule has 1 rings (SSSR count). The van der Waals surface area contributed by atoms with Gasteiger partial charge in [0.05, 0.1) is 0 Å². The molecule has 11 heavy (non-hydrogen) atoms. The Morgan fingerprint density at radius 2 is 2.36 bits per heavy atom. The molecule has 0 bridgehead atoms. The van der Waals surface area contributed by atoms with Crippen molar-refractivity contribution >= 4 is 0 Å². The number of likely N-dealkylation sites (N-methyl/N-ethyl adjacent to an activating group) is 1. The molecule has 1 heteroatoms. The first-order chi connectivity index (χ1) is 5.29. The largest absolute Gasteiger partial charge is 0.313 e. The Morgan fingerprint density at radius 3 is 2.82 bits per heavy atom. The zero-order valence-electron chi connectivity index (χ0n) is 7.85. The van der Waals surface area contributed by atoms with Crippen LogP contribution in [0.25, 0.3) is 0 Å². The third kappa shape index (κ3) is 1.84. The summed E-state index contributed by atoms with van der Waals surface area (Å²) >= 11 is 0. The minimum atomic E-state index is 0.647. The second-order valence-corrected chi connectivity index (χ2v) is 3.46. The van der Waals surface area contributed by atoms with E-state index in [1.807, 2.05) is 0 Å². The van der Waals surface area contributed by atoms with Gasteiger partial charge >= 0.3 is 0 Å².